The molecule has 0 aliphatic carbocycles. The van der Waals surface area contributed by atoms with Gasteiger partial charge in [0, 0.05) is 42.1 Å². The molecule has 3 aromatic heterocycles. The zero-order chi connectivity index (χ0) is 24.9. The number of benzene rings is 2. The largest absolute Gasteiger partial charge is 0.485 e. The number of fused-ring (bicyclic) bond motifs is 1. The van der Waals surface area contributed by atoms with E-state index in [0.717, 1.165) is 27.7 Å². The highest BCUT2D eigenvalue weighted by atomic mass is 32.2. The molecule has 10 heteroatoms. The van der Waals surface area contributed by atoms with Crippen LogP contribution in [0.4, 0.5) is 0 Å². The van der Waals surface area contributed by atoms with Crippen LogP contribution in [0.25, 0.3) is 16.1 Å². The van der Waals surface area contributed by atoms with Crippen molar-refractivity contribution >= 4 is 28.1 Å². The number of aromatic nitrogens is 5. The van der Waals surface area contributed by atoms with Crippen LogP contribution < -0.4 is 10.3 Å². The topological polar surface area (TPSA) is 83.5 Å². The normalized spacial score (nSPS) is 11.3. The molecule has 0 N–H and O–H groups in total. The SMILES string of the molecule is COCCn1c(COc2ccccc2-c2ccccc2)nnc1SCc1cc(=O)n2c(C)csc2n1. The molecule has 0 saturated heterocycles. The van der Waals surface area contributed by atoms with Gasteiger partial charge in [-0.3, -0.25) is 9.20 Å². The van der Waals surface area contributed by atoms with Gasteiger partial charge in [0.2, 0.25) is 0 Å². The number of rotatable bonds is 10. The zero-order valence-corrected chi connectivity index (χ0v) is 21.6. The van der Waals surface area contributed by atoms with Crippen molar-refractivity contribution in [1.82, 2.24) is 24.1 Å². The summed E-state index contributed by atoms with van der Waals surface area (Å²) in [7, 11) is 1.67. The van der Waals surface area contributed by atoms with Crippen molar-refractivity contribution in [3.05, 3.63) is 93.6 Å². The van der Waals surface area contributed by atoms with Crippen LogP contribution >= 0.6 is 23.1 Å². The van der Waals surface area contributed by atoms with Gasteiger partial charge in [0.15, 0.2) is 15.9 Å². The summed E-state index contributed by atoms with van der Waals surface area (Å²) in [6.45, 7) is 3.27. The molecule has 8 nitrogen and oxygen atoms in total. The van der Waals surface area contributed by atoms with E-state index in [-0.39, 0.29) is 12.2 Å². The first kappa shape index (κ1) is 24.2. The Labute approximate surface area is 216 Å². The molecule has 3 heterocycles. The van der Waals surface area contributed by atoms with Crippen LogP contribution in [0, 0.1) is 6.92 Å². The van der Waals surface area contributed by atoms with Gasteiger partial charge in [0.1, 0.15) is 12.4 Å². The lowest BCUT2D eigenvalue weighted by molar-refractivity contribution is 0.181. The van der Waals surface area contributed by atoms with E-state index in [4.69, 9.17) is 9.47 Å². The van der Waals surface area contributed by atoms with E-state index < -0.39 is 0 Å². The van der Waals surface area contributed by atoms with Gasteiger partial charge in [-0.25, -0.2) is 4.98 Å². The first-order chi connectivity index (χ1) is 17.6. The highest BCUT2D eigenvalue weighted by Gasteiger charge is 2.16. The molecule has 0 unspecified atom stereocenters. The molecule has 0 amide bonds. The van der Waals surface area contributed by atoms with Crippen molar-refractivity contribution in [2.45, 2.75) is 31.0 Å². The van der Waals surface area contributed by atoms with Gasteiger partial charge in [-0.15, -0.1) is 21.5 Å². The Bertz CT molecular complexity index is 1530. The minimum absolute atomic E-state index is 0.0682. The van der Waals surface area contributed by atoms with Crippen molar-refractivity contribution < 1.29 is 9.47 Å². The van der Waals surface area contributed by atoms with Crippen molar-refractivity contribution in [2.75, 3.05) is 13.7 Å². The number of ether oxygens (including phenoxy) is 2. The Balaban J connectivity index is 1.34. The van der Waals surface area contributed by atoms with E-state index in [1.807, 2.05) is 59.3 Å². The summed E-state index contributed by atoms with van der Waals surface area (Å²) in [5.41, 5.74) is 3.65. The predicted octanol–water partition coefficient (Wildman–Crippen LogP) is 4.84. The van der Waals surface area contributed by atoms with Gasteiger partial charge in [-0.05, 0) is 18.6 Å². The van der Waals surface area contributed by atoms with Crippen molar-refractivity contribution in [3.63, 3.8) is 0 Å². The Morgan fingerprint density at radius 1 is 1.06 bits per heavy atom. The van der Waals surface area contributed by atoms with E-state index in [1.165, 1.54) is 23.1 Å². The van der Waals surface area contributed by atoms with Crippen LogP contribution in [-0.4, -0.2) is 37.9 Å². The molecular formula is C26H25N5O3S2. The van der Waals surface area contributed by atoms with Crippen LogP contribution in [0.2, 0.25) is 0 Å². The Hall–Kier alpha value is -3.47. The van der Waals surface area contributed by atoms with E-state index in [1.54, 1.807) is 17.6 Å². The Morgan fingerprint density at radius 2 is 1.86 bits per heavy atom. The second-order valence-corrected chi connectivity index (χ2v) is 9.84. The second kappa shape index (κ2) is 11.1. The monoisotopic (exact) mass is 519 g/mol. The number of methoxy groups -OCH3 is 1. The number of para-hydroxylation sites is 1. The third-order valence-electron chi connectivity index (χ3n) is 5.62. The minimum atomic E-state index is -0.0682. The molecule has 0 fully saturated rings. The second-order valence-electron chi connectivity index (χ2n) is 8.06. The fraction of sp³-hybridized carbons (Fsp3) is 0.231. The van der Waals surface area contributed by atoms with Crippen LogP contribution in [-0.2, 0) is 23.6 Å². The Kier molecular flexibility index (Phi) is 7.45. The number of hydrogen-bond donors (Lipinski definition) is 0. The van der Waals surface area contributed by atoms with Crippen LogP contribution in [0.5, 0.6) is 5.75 Å². The zero-order valence-electron chi connectivity index (χ0n) is 20.0. The summed E-state index contributed by atoms with van der Waals surface area (Å²) in [5, 5.41) is 11.5. The quantitative estimate of drug-likeness (QED) is 0.244. The van der Waals surface area contributed by atoms with Gasteiger partial charge in [0.05, 0.1) is 12.3 Å². The molecule has 0 bridgehead atoms. The minimum Gasteiger partial charge on any atom is -0.485 e. The predicted molar refractivity (Wildman–Crippen MR) is 142 cm³/mol. The van der Waals surface area contributed by atoms with Gasteiger partial charge >= 0.3 is 0 Å². The lowest BCUT2D eigenvalue weighted by Gasteiger charge is -2.13. The molecule has 0 spiro atoms. The summed E-state index contributed by atoms with van der Waals surface area (Å²) in [6.07, 6.45) is 0. The molecule has 0 aliphatic rings. The van der Waals surface area contributed by atoms with Crippen LogP contribution in [0.15, 0.2) is 76.0 Å². The summed E-state index contributed by atoms with van der Waals surface area (Å²) in [6, 6.07) is 19.7. The Morgan fingerprint density at radius 3 is 2.69 bits per heavy atom. The average Bonchev–Trinajstić information content (AvgIpc) is 3.48. The summed E-state index contributed by atoms with van der Waals surface area (Å²) in [5.74, 6) is 1.99. The van der Waals surface area contributed by atoms with E-state index in [9.17, 15) is 4.79 Å². The lowest BCUT2D eigenvalue weighted by atomic mass is 10.1. The molecule has 184 valence electrons. The number of thioether (sulfide) groups is 1. The van der Waals surface area contributed by atoms with Crippen LogP contribution in [0.1, 0.15) is 17.2 Å². The fourth-order valence-corrected chi connectivity index (χ4v) is 5.61. The van der Waals surface area contributed by atoms with Gasteiger partial charge in [-0.2, -0.15) is 0 Å². The molecular weight excluding hydrogens is 494 g/mol. The van der Waals surface area contributed by atoms with Crippen LogP contribution in [0.3, 0.4) is 0 Å². The molecule has 0 atom stereocenters. The van der Waals surface area contributed by atoms with Gasteiger partial charge < -0.3 is 14.0 Å². The average molecular weight is 520 g/mol. The molecule has 5 aromatic rings. The maximum absolute atomic E-state index is 12.5. The molecule has 36 heavy (non-hydrogen) atoms. The first-order valence-electron chi connectivity index (χ1n) is 11.4. The number of hydrogen-bond acceptors (Lipinski definition) is 8. The smallest absolute Gasteiger partial charge is 0.258 e. The molecule has 0 radical (unpaired) electrons. The molecule has 2 aromatic carbocycles. The highest BCUT2D eigenvalue weighted by molar-refractivity contribution is 7.98. The van der Waals surface area contributed by atoms with E-state index in [2.05, 4.69) is 27.3 Å². The van der Waals surface area contributed by atoms with E-state index in [0.29, 0.717) is 35.4 Å². The molecule has 0 aliphatic heterocycles. The maximum Gasteiger partial charge on any atom is 0.258 e. The number of nitrogens with zero attached hydrogens (tertiary/aromatic N) is 5. The third-order valence-corrected chi connectivity index (χ3v) is 7.56. The molecule has 5 rings (SSSR count). The molecule has 0 saturated carbocycles. The highest BCUT2D eigenvalue weighted by Crippen LogP contribution is 2.30. The van der Waals surface area contributed by atoms with Crippen molar-refractivity contribution in [2.24, 2.45) is 0 Å². The van der Waals surface area contributed by atoms with Gasteiger partial charge in [-0.1, -0.05) is 60.3 Å². The summed E-state index contributed by atoms with van der Waals surface area (Å²) in [4.78, 5) is 17.8. The number of thiazole rings is 1. The van der Waals surface area contributed by atoms with Crippen molar-refractivity contribution in [3.8, 4) is 16.9 Å². The number of aryl methyl sites for hydroxylation is 1. The summed E-state index contributed by atoms with van der Waals surface area (Å²) >= 11 is 2.95. The van der Waals surface area contributed by atoms with Gasteiger partial charge in [0.25, 0.3) is 5.56 Å². The standard InChI is InChI=1S/C26H25N5O3S2/c1-18-16-35-25-27-20(14-24(32)31(18)25)17-36-26-29-28-23(30(26)12-13-33-2)15-34-22-11-7-6-10-21(22)19-8-4-3-5-9-19/h3-11,14,16H,12-13,15,17H2,1-2H3. The fourth-order valence-electron chi connectivity index (χ4n) is 3.84. The lowest BCUT2D eigenvalue weighted by Crippen LogP contribution is -2.15. The first-order valence-corrected chi connectivity index (χ1v) is 13.3. The van der Waals surface area contributed by atoms with E-state index >= 15 is 0 Å². The van der Waals surface area contributed by atoms with Crippen molar-refractivity contribution in [1.29, 1.82) is 0 Å². The third kappa shape index (κ3) is 5.20. The maximum atomic E-state index is 12.5. The summed E-state index contributed by atoms with van der Waals surface area (Å²) < 4.78 is 15.2.